The lowest BCUT2D eigenvalue weighted by Gasteiger charge is -2.15. The summed E-state index contributed by atoms with van der Waals surface area (Å²) in [5, 5.41) is 3.37. The number of hydrogen-bond donors (Lipinski definition) is 1. The molecule has 0 bridgehead atoms. The van der Waals surface area contributed by atoms with Gasteiger partial charge >= 0.3 is 5.97 Å². The van der Waals surface area contributed by atoms with Crippen LogP contribution in [0.4, 0.5) is 5.69 Å². The fourth-order valence-corrected chi connectivity index (χ4v) is 3.53. The summed E-state index contributed by atoms with van der Waals surface area (Å²) in [5.74, 6) is 0.101. The van der Waals surface area contributed by atoms with Gasteiger partial charge in [0, 0.05) is 16.6 Å². The lowest BCUT2D eigenvalue weighted by atomic mass is 10.0. The Hall–Kier alpha value is -4.39. The molecule has 4 aromatic rings. The fraction of sp³-hybridized carbons (Fsp3) is 0.148. The average molecular weight is 456 g/mol. The van der Waals surface area contributed by atoms with E-state index in [1.165, 1.54) is 6.92 Å². The molecule has 0 saturated heterocycles. The standard InChI is InChI=1S/C27H24N2O5/c1-17(26(30)28-19-9-5-4-6-10-19)34-27(31)21-16-23(29-22-12-8-7-11-20(21)22)18-13-14-24(32-2)25(15-18)33-3/h4-17H,1-3H3,(H,28,30). The van der Waals surface area contributed by atoms with Gasteiger partial charge in [0.2, 0.25) is 0 Å². The Bertz CT molecular complexity index is 1340. The van der Waals surface area contributed by atoms with Gasteiger partial charge in [-0.1, -0.05) is 36.4 Å². The van der Waals surface area contributed by atoms with E-state index in [4.69, 9.17) is 19.2 Å². The van der Waals surface area contributed by atoms with E-state index in [2.05, 4.69) is 5.32 Å². The Balaban J connectivity index is 1.65. The van der Waals surface area contributed by atoms with Gasteiger partial charge in [-0.25, -0.2) is 9.78 Å². The average Bonchev–Trinajstić information content (AvgIpc) is 2.88. The summed E-state index contributed by atoms with van der Waals surface area (Å²) in [5.41, 5.74) is 2.87. The van der Waals surface area contributed by atoms with Crippen LogP contribution in [0.25, 0.3) is 22.2 Å². The van der Waals surface area contributed by atoms with Crippen molar-refractivity contribution in [2.45, 2.75) is 13.0 Å². The lowest BCUT2D eigenvalue weighted by Crippen LogP contribution is -2.30. The van der Waals surface area contributed by atoms with E-state index in [1.807, 2.05) is 42.5 Å². The highest BCUT2D eigenvalue weighted by Gasteiger charge is 2.22. The molecule has 1 unspecified atom stereocenters. The number of nitrogens with zero attached hydrogens (tertiary/aromatic N) is 1. The second-order valence-electron chi connectivity index (χ2n) is 7.54. The van der Waals surface area contributed by atoms with Gasteiger partial charge in [-0.2, -0.15) is 0 Å². The monoisotopic (exact) mass is 456 g/mol. The van der Waals surface area contributed by atoms with Crippen molar-refractivity contribution in [3.63, 3.8) is 0 Å². The van der Waals surface area contributed by atoms with Crippen LogP contribution < -0.4 is 14.8 Å². The maximum absolute atomic E-state index is 13.2. The van der Waals surface area contributed by atoms with Gasteiger partial charge in [-0.15, -0.1) is 0 Å². The smallest absolute Gasteiger partial charge is 0.339 e. The second kappa shape index (κ2) is 10.0. The number of pyridine rings is 1. The predicted molar refractivity (Wildman–Crippen MR) is 130 cm³/mol. The highest BCUT2D eigenvalue weighted by Crippen LogP contribution is 2.33. The molecule has 7 heteroatoms. The molecule has 172 valence electrons. The summed E-state index contributed by atoms with van der Waals surface area (Å²) in [4.78, 5) is 30.4. The van der Waals surface area contributed by atoms with Crippen LogP contribution in [-0.4, -0.2) is 37.2 Å². The molecule has 1 atom stereocenters. The number of nitrogens with one attached hydrogen (secondary N) is 1. The zero-order valence-corrected chi connectivity index (χ0v) is 19.1. The maximum atomic E-state index is 13.2. The van der Waals surface area contributed by atoms with Crippen molar-refractivity contribution < 1.29 is 23.8 Å². The van der Waals surface area contributed by atoms with Crippen LogP contribution in [0.1, 0.15) is 17.3 Å². The minimum atomic E-state index is -0.996. The third-order valence-corrected chi connectivity index (χ3v) is 5.31. The first-order chi connectivity index (χ1) is 16.5. The van der Waals surface area contributed by atoms with Crippen molar-refractivity contribution in [2.75, 3.05) is 19.5 Å². The van der Waals surface area contributed by atoms with Crippen LogP contribution in [-0.2, 0) is 9.53 Å². The molecular formula is C27H24N2O5. The minimum Gasteiger partial charge on any atom is -0.493 e. The van der Waals surface area contributed by atoms with Crippen LogP contribution in [0, 0.1) is 0 Å². The van der Waals surface area contributed by atoms with E-state index in [-0.39, 0.29) is 0 Å². The number of aromatic nitrogens is 1. The molecule has 0 aliphatic heterocycles. The largest absolute Gasteiger partial charge is 0.493 e. The molecule has 1 N–H and O–H groups in total. The van der Waals surface area contributed by atoms with Gasteiger partial charge in [-0.05, 0) is 49.4 Å². The number of amides is 1. The SMILES string of the molecule is COc1ccc(-c2cc(C(=O)OC(C)C(=O)Nc3ccccc3)c3ccccc3n2)cc1OC. The van der Waals surface area contributed by atoms with Crippen molar-refractivity contribution in [1.29, 1.82) is 0 Å². The molecule has 4 rings (SSSR count). The first-order valence-corrected chi connectivity index (χ1v) is 10.7. The number of carbonyl (C=O) groups is 2. The molecule has 0 spiro atoms. The normalized spacial score (nSPS) is 11.5. The zero-order chi connectivity index (χ0) is 24.1. The van der Waals surface area contributed by atoms with E-state index >= 15 is 0 Å². The van der Waals surface area contributed by atoms with Gasteiger partial charge in [-0.3, -0.25) is 4.79 Å². The van der Waals surface area contributed by atoms with Crippen molar-refractivity contribution in [2.24, 2.45) is 0 Å². The molecule has 0 aliphatic rings. The predicted octanol–water partition coefficient (Wildman–Crippen LogP) is 5.10. The van der Waals surface area contributed by atoms with Gasteiger partial charge in [0.05, 0.1) is 31.0 Å². The number of hydrogen-bond acceptors (Lipinski definition) is 6. The quantitative estimate of drug-likeness (QED) is 0.389. The highest BCUT2D eigenvalue weighted by atomic mass is 16.5. The van der Waals surface area contributed by atoms with Crippen molar-refractivity contribution in [3.8, 4) is 22.8 Å². The summed E-state index contributed by atoms with van der Waals surface area (Å²) in [7, 11) is 3.12. The molecule has 1 aromatic heterocycles. The number of carbonyl (C=O) groups excluding carboxylic acids is 2. The van der Waals surface area contributed by atoms with E-state index < -0.39 is 18.0 Å². The first kappa shape index (κ1) is 22.8. The molecule has 1 heterocycles. The van der Waals surface area contributed by atoms with Crippen LogP contribution in [0.2, 0.25) is 0 Å². The van der Waals surface area contributed by atoms with Crippen molar-refractivity contribution in [1.82, 2.24) is 4.98 Å². The van der Waals surface area contributed by atoms with Gasteiger partial charge < -0.3 is 19.5 Å². The molecule has 0 fully saturated rings. The zero-order valence-electron chi connectivity index (χ0n) is 19.1. The van der Waals surface area contributed by atoms with Crippen molar-refractivity contribution in [3.05, 3.63) is 84.4 Å². The molecule has 0 radical (unpaired) electrons. The second-order valence-corrected chi connectivity index (χ2v) is 7.54. The molecular weight excluding hydrogens is 432 g/mol. The topological polar surface area (TPSA) is 86.8 Å². The number of fused-ring (bicyclic) bond motifs is 1. The highest BCUT2D eigenvalue weighted by molar-refractivity contribution is 6.06. The molecule has 3 aromatic carbocycles. The Morgan fingerprint density at radius 2 is 1.56 bits per heavy atom. The Kier molecular flexibility index (Phi) is 6.73. The first-order valence-electron chi connectivity index (χ1n) is 10.7. The number of esters is 1. The number of ether oxygens (including phenoxy) is 3. The van der Waals surface area contributed by atoms with E-state index in [0.29, 0.717) is 39.3 Å². The summed E-state index contributed by atoms with van der Waals surface area (Å²) in [6.45, 7) is 1.54. The van der Waals surface area contributed by atoms with Crippen LogP contribution >= 0.6 is 0 Å². The van der Waals surface area contributed by atoms with Gasteiger partial charge in [0.15, 0.2) is 17.6 Å². The number of rotatable bonds is 7. The molecule has 1 amide bonds. The number of benzene rings is 3. The molecule has 34 heavy (non-hydrogen) atoms. The molecule has 0 saturated carbocycles. The van der Waals surface area contributed by atoms with Crippen molar-refractivity contribution >= 4 is 28.5 Å². The van der Waals surface area contributed by atoms with E-state index in [1.54, 1.807) is 50.6 Å². The summed E-state index contributed by atoms with van der Waals surface area (Å²) >= 11 is 0. The minimum absolute atomic E-state index is 0.315. The van der Waals surface area contributed by atoms with Crippen LogP contribution in [0.15, 0.2) is 78.9 Å². The Labute approximate surface area is 197 Å². The Morgan fingerprint density at radius 1 is 0.853 bits per heavy atom. The molecule has 0 aliphatic carbocycles. The van der Waals surface area contributed by atoms with E-state index in [0.717, 1.165) is 5.56 Å². The maximum Gasteiger partial charge on any atom is 0.339 e. The van der Waals surface area contributed by atoms with E-state index in [9.17, 15) is 9.59 Å². The van der Waals surface area contributed by atoms with Gasteiger partial charge in [0.1, 0.15) is 0 Å². The fourth-order valence-electron chi connectivity index (χ4n) is 3.53. The Morgan fingerprint density at radius 3 is 2.29 bits per heavy atom. The number of para-hydroxylation sites is 2. The van der Waals surface area contributed by atoms with Crippen LogP contribution in [0.3, 0.4) is 0 Å². The number of methoxy groups -OCH3 is 2. The number of anilines is 1. The third-order valence-electron chi connectivity index (χ3n) is 5.31. The van der Waals surface area contributed by atoms with Gasteiger partial charge in [0.25, 0.3) is 5.91 Å². The summed E-state index contributed by atoms with van der Waals surface area (Å²) in [6.07, 6.45) is -0.996. The summed E-state index contributed by atoms with van der Waals surface area (Å²) in [6, 6.07) is 23.3. The third kappa shape index (κ3) is 4.83. The summed E-state index contributed by atoms with van der Waals surface area (Å²) < 4.78 is 16.2. The lowest BCUT2D eigenvalue weighted by molar-refractivity contribution is -0.123. The molecule has 7 nitrogen and oxygen atoms in total. The van der Waals surface area contributed by atoms with Crippen LogP contribution in [0.5, 0.6) is 11.5 Å².